The molecule has 6 heteroatoms. The van der Waals surface area contributed by atoms with E-state index in [1.807, 2.05) is 36.0 Å². The lowest BCUT2D eigenvalue weighted by Gasteiger charge is -2.04. The third-order valence-corrected chi connectivity index (χ3v) is 6.03. The SMILES string of the molecule is CCCCCCC#Cc1cncc(-c2nnc(SCCc3ccc(Cl)cc3)n2C)c1. The van der Waals surface area contributed by atoms with Crippen LogP contribution in [0.3, 0.4) is 0 Å². The number of hydrogen-bond donors (Lipinski definition) is 0. The molecule has 2 aromatic heterocycles. The van der Waals surface area contributed by atoms with Gasteiger partial charge in [0.1, 0.15) is 0 Å². The summed E-state index contributed by atoms with van der Waals surface area (Å²) in [6.45, 7) is 2.22. The second kappa shape index (κ2) is 11.8. The highest BCUT2D eigenvalue weighted by molar-refractivity contribution is 7.99. The van der Waals surface area contributed by atoms with E-state index in [0.29, 0.717) is 0 Å². The minimum Gasteiger partial charge on any atom is -0.305 e. The van der Waals surface area contributed by atoms with Crippen molar-refractivity contribution in [2.45, 2.75) is 50.6 Å². The second-order valence-corrected chi connectivity index (χ2v) is 8.66. The summed E-state index contributed by atoms with van der Waals surface area (Å²) in [5.41, 5.74) is 3.12. The van der Waals surface area contributed by atoms with Gasteiger partial charge in [0.2, 0.25) is 0 Å². The molecule has 0 aliphatic rings. The first-order valence-electron chi connectivity index (χ1n) is 10.4. The number of nitrogens with zero attached hydrogens (tertiary/aromatic N) is 4. The lowest BCUT2D eigenvalue weighted by atomic mass is 10.1. The maximum atomic E-state index is 5.95. The molecule has 156 valence electrons. The number of unbranched alkanes of at least 4 members (excludes halogenated alkanes) is 4. The van der Waals surface area contributed by atoms with Crippen LogP contribution < -0.4 is 0 Å². The van der Waals surface area contributed by atoms with E-state index in [2.05, 4.69) is 46.1 Å². The largest absolute Gasteiger partial charge is 0.305 e. The molecule has 0 fully saturated rings. The van der Waals surface area contributed by atoms with Gasteiger partial charge in [-0.25, -0.2) is 0 Å². The van der Waals surface area contributed by atoms with Crippen LogP contribution in [0.4, 0.5) is 0 Å². The Hall–Kier alpha value is -2.29. The van der Waals surface area contributed by atoms with Crippen LogP contribution in [0.2, 0.25) is 5.02 Å². The molecule has 3 aromatic rings. The van der Waals surface area contributed by atoms with Crippen molar-refractivity contribution in [3.05, 3.63) is 58.9 Å². The first-order valence-corrected chi connectivity index (χ1v) is 11.7. The van der Waals surface area contributed by atoms with Crippen LogP contribution in [0, 0.1) is 11.8 Å². The zero-order chi connectivity index (χ0) is 21.2. The molecule has 3 rings (SSSR count). The highest BCUT2D eigenvalue weighted by atomic mass is 35.5. The van der Waals surface area contributed by atoms with Crippen molar-refractivity contribution >= 4 is 23.4 Å². The Morgan fingerprint density at radius 2 is 1.90 bits per heavy atom. The summed E-state index contributed by atoms with van der Waals surface area (Å²) >= 11 is 7.64. The number of pyridine rings is 1. The van der Waals surface area contributed by atoms with Crippen molar-refractivity contribution in [1.82, 2.24) is 19.7 Å². The molecular weight excluding hydrogens is 412 g/mol. The number of halogens is 1. The molecule has 0 saturated heterocycles. The summed E-state index contributed by atoms with van der Waals surface area (Å²) < 4.78 is 2.02. The Morgan fingerprint density at radius 1 is 1.07 bits per heavy atom. The summed E-state index contributed by atoms with van der Waals surface area (Å²) in [5, 5.41) is 10.4. The van der Waals surface area contributed by atoms with Gasteiger partial charge in [-0.05, 0) is 36.6 Å². The fraction of sp³-hybridized carbons (Fsp3) is 0.375. The fourth-order valence-electron chi connectivity index (χ4n) is 3.04. The number of benzene rings is 1. The van der Waals surface area contributed by atoms with Crippen LogP contribution in [0.25, 0.3) is 11.4 Å². The summed E-state index contributed by atoms with van der Waals surface area (Å²) in [6, 6.07) is 10.0. The normalized spacial score (nSPS) is 10.6. The first kappa shape index (κ1) is 22.4. The number of hydrogen-bond acceptors (Lipinski definition) is 4. The van der Waals surface area contributed by atoms with Crippen LogP contribution in [-0.2, 0) is 13.5 Å². The molecule has 30 heavy (non-hydrogen) atoms. The average Bonchev–Trinajstić information content (AvgIpc) is 3.13. The second-order valence-electron chi connectivity index (χ2n) is 7.16. The molecule has 0 atom stereocenters. The van der Waals surface area contributed by atoms with E-state index in [9.17, 15) is 0 Å². The lowest BCUT2D eigenvalue weighted by molar-refractivity contribution is 0.679. The van der Waals surface area contributed by atoms with Crippen LogP contribution in [0.15, 0.2) is 47.9 Å². The Morgan fingerprint density at radius 3 is 2.70 bits per heavy atom. The van der Waals surface area contributed by atoms with E-state index in [0.717, 1.165) is 52.1 Å². The van der Waals surface area contributed by atoms with Crippen molar-refractivity contribution in [1.29, 1.82) is 0 Å². The molecular formula is C24H27ClN4S. The molecule has 0 saturated carbocycles. The van der Waals surface area contributed by atoms with E-state index in [4.69, 9.17) is 11.6 Å². The van der Waals surface area contributed by atoms with E-state index in [1.54, 1.807) is 18.0 Å². The molecule has 0 spiro atoms. The zero-order valence-corrected chi connectivity index (χ0v) is 19.1. The van der Waals surface area contributed by atoms with Crippen LogP contribution in [0.5, 0.6) is 0 Å². The molecule has 0 amide bonds. The van der Waals surface area contributed by atoms with Gasteiger partial charge in [0.15, 0.2) is 11.0 Å². The lowest BCUT2D eigenvalue weighted by Crippen LogP contribution is -1.97. The van der Waals surface area contributed by atoms with Gasteiger partial charge in [-0.3, -0.25) is 4.98 Å². The molecule has 1 aromatic carbocycles. The van der Waals surface area contributed by atoms with Gasteiger partial charge in [0.25, 0.3) is 0 Å². The monoisotopic (exact) mass is 438 g/mol. The quantitative estimate of drug-likeness (QED) is 0.227. The van der Waals surface area contributed by atoms with Crippen molar-refractivity contribution in [2.75, 3.05) is 5.75 Å². The number of thioether (sulfide) groups is 1. The van der Waals surface area contributed by atoms with E-state index in [1.165, 1.54) is 24.8 Å². The van der Waals surface area contributed by atoms with Gasteiger partial charge in [0.05, 0.1) is 0 Å². The smallest absolute Gasteiger partial charge is 0.191 e. The maximum absolute atomic E-state index is 5.95. The van der Waals surface area contributed by atoms with Gasteiger partial charge in [-0.15, -0.1) is 10.2 Å². The van der Waals surface area contributed by atoms with Gasteiger partial charge < -0.3 is 4.57 Å². The van der Waals surface area contributed by atoms with Gasteiger partial charge in [-0.2, -0.15) is 0 Å². The summed E-state index contributed by atoms with van der Waals surface area (Å²) in [5.74, 6) is 8.23. The Kier molecular flexibility index (Phi) is 8.80. The zero-order valence-electron chi connectivity index (χ0n) is 17.6. The van der Waals surface area contributed by atoms with E-state index >= 15 is 0 Å². The molecule has 0 aliphatic heterocycles. The van der Waals surface area contributed by atoms with E-state index < -0.39 is 0 Å². The molecule has 0 bridgehead atoms. The Labute approximate surface area is 188 Å². The Balaban J connectivity index is 1.59. The van der Waals surface area contributed by atoms with Crippen molar-refractivity contribution in [2.24, 2.45) is 7.05 Å². The minimum atomic E-state index is 0.765. The summed E-state index contributed by atoms with van der Waals surface area (Å²) in [6.07, 6.45) is 10.5. The predicted molar refractivity (Wildman–Crippen MR) is 126 cm³/mol. The van der Waals surface area contributed by atoms with E-state index in [-0.39, 0.29) is 0 Å². The standard InChI is InChI=1S/C24H27ClN4S/c1-3-4-5-6-7-8-9-20-16-21(18-26-17-20)23-27-28-24(29(23)2)30-15-14-19-10-12-22(25)13-11-19/h10-13,16-18H,3-7,14-15H2,1-2H3. The van der Waals surface area contributed by atoms with Crippen LogP contribution >= 0.6 is 23.4 Å². The number of aromatic nitrogens is 4. The Bertz CT molecular complexity index is 1000. The highest BCUT2D eigenvalue weighted by Gasteiger charge is 2.12. The molecule has 4 nitrogen and oxygen atoms in total. The van der Waals surface area contributed by atoms with Gasteiger partial charge in [-0.1, -0.05) is 73.5 Å². The molecule has 0 N–H and O–H groups in total. The number of rotatable bonds is 9. The van der Waals surface area contributed by atoms with Crippen LogP contribution in [0.1, 0.15) is 50.2 Å². The maximum Gasteiger partial charge on any atom is 0.191 e. The van der Waals surface area contributed by atoms with Crippen LogP contribution in [-0.4, -0.2) is 25.5 Å². The first-order chi connectivity index (χ1) is 14.7. The molecule has 0 unspecified atom stereocenters. The average molecular weight is 439 g/mol. The highest BCUT2D eigenvalue weighted by Crippen LogP contribution is 2.23. The fourth-order valence-corrected chi connectivity index (χ4v) is 4.06. The minimum absolute atomic E-state index is 0.765. The summed E-state index contributed by atoms with van der Waals surface area (Å²) in [7, 11) is 1.99. The van der Waals surface area contributed by atoms with Crippen molar-refractivity contribution in [3.63, 3.8) is 0 Å². The number of aryl methyl sites for hydroxylation is 1. The third-order valence-electron chi connectivity index (χ3n) is 4.75. The van der Waals surface area contributed by atoms with Crippen molar-refractivity contribution in [3.8, 4) is 23.2 Å². The molecule has 2 heterocycles. The predicted octanol–water partition coefficient (Wildman–Crippen LogP) is 6.19. The third kappa shape index (κ3) is 6.62. The van der Waals surface area contributed by atoms with Gasteiger partial charge in [0, 0.05) is 47.8 Å². The molecule has 0 aliphatic carbocycles. The van der Waals surface area contributed by atoms with Gasteiger partial charge >= 0.3 is 0 Å². The molecule has 0 radical (unpaired) electrons. The topological polar surface area (TPSA) is 43.6 Å². The van der Waals surface area contributed by atoms with Crippen molar-refractivity contribution < 1.29 is 0 Å². The summed E-state index contributed by atoms with van der Waals surface area (Å²) in [4.78, 5) is 4.35.